The summed E-state index contributed by atoms with van der Waals surface area (Å²) >= 11 is 5.83. The third-order valence-electron chi connectivity index (χ3n) is 3.46. The first-order valence-corrected chi connectivity index (χ1v) is 7.61. The molecular formula is C15H20ClN3O2. The maximum absolute atomic E-state index is 11.7. The fourth-order valence-corrected chi connectivity index (χ4v) is 2.62. The second-order valence-electron chi connectivity index (χ2n) is 5.22. The number of amides is 3. The standard InChI is InChI=1S/C15H20ClN3O2/c16-11-5-4-8-13(9-11)19-15(21)17-10-14(20)18-12-6-2-1-3-7-12/h4-5,8-9,12H,1-3,6-7,10H2,(H,18,20)(H2,17,19,21). The van der Waals surface area contributed by atoms with E-state index >= 15 is 0 Å². The number of hydrogen-bond donors (Lipinski definition) is 3. The molecule has 0 saturated heterocycles. The summed E-state index contributed by atoms with van der Waals surface area (Å²) in [6.07, 6.45) is 5.62. The van der Waals surface area contributed by atoms with Crippen molar-refractivity contribution in [2.45, 2.75) is 38.1 Å². The van der Waals surface area contributed by atoms with Gasteiger partial charge >= 0.3 is 6.03 Å². The van der Waals surface area contributed by atoms with Crippen molar-refractivity contribution in [3.05, 3.63) is 29.3 Å². The summed E-state index contributed by atoms with van der Waals surface area (Å²) in [6, 6.07) is 6.67. The summed E-state index contributed by atoms with van der Waals surface area (Å²) in [5.41, 5.74) is 0.590. The molecule has 2 rings (SSSR count). The van der Waals surface area contributed by atoms with Crippen molar-refractivity contribution in [3.8, 4) is 0 Å². The Balaban J connectivity index is 1.69. The predicted octanol–water partition coefficient (Wildman–Crippen LogP) is 2.91. The molecule has 0 bridgehead atoms. The van der Waals surface area contributed by atoms with E-state index in [1.165, 1.54) is 6.42 Å². The first-order chi connectivity index (χ1) is 10.1. The largest absolute Gasteiger partial charge is 0.352 e. The molecule has 1 fully saturated rings. The van der Waals surface area contributed by atoms with Gasteiger partial charge in [0.15, 0.2) is 0 Å². The Bertz CT molecular complexity index is 501. The van der Waals surface area contributed by atoms with Crippen LogP contribution in [0.5, 0.6) is 0 Å². The number of anilines is 1. The van der Waals surface area contributed by atoms with Crippen LogP contribution in [0.4, 0.5) is 10.5 Å². The fourth-order valence-electron chi connectivity index (χ4n) is 2.43. The minimum absolute atomic E-state index is 0.0249. The number of nitrogens with one attached hydrogen (secondary N) is 3. The van der Waals surface area contributed by atoms with Crippen LogP contribution in [-0.4, -0.2) is 24.5 Å². The molecule has 0 aliphatic heterocycles. The highest BCUT2D eigenvalue weighted by Crippen LogP contribution is 2.17. The lowest BCUT2D eigenvalue weighted by Gasteiger charge is -2.22. The van der Waals surface area contributed by atoms with Crippen LogP contribution in [0.3, 0.4) is 0 Å². The van der Waals surface area contributed by atoms with E-state index in [9.17, 15) is 9.59 Å². The van der Waals surface area contributed by atoms with Gasteiger partial charge < -0.3 is 16.0 Å². The summed E-state index contributed by atoms with van der Waals surface area (Å²) in [5, 5.41) is 8.65. The molecule has 0 spiro atoms. The van der Waals surface area contributed by atoms with Crippen LogP contribution >= 0.6 is 11.6 Å². The molecular weight excluding hydrogens is 290 g/mol. The molecule has 0 radical (unpaired) electrons. The van der Waals surface area contributed by atoms with Gasteiger partial charge in [-0.1, -0.05) is 36.9 Å². The Hall–Kier alpha value is -1.75. The summed E-state index contributed by atoms with van der Waals surface area (Å²) in [5.74, 6) is -0.150. The molecule has 1 aromatic rings. The maximum Gasteiger partial charge on any atom is 0.319 e. The highest BCUT2D eigenvalue weighted by atomic mass is 35.5. The van der Waals surface area contributed by atoms with E-state index in [2.05, 4.69) is 16.0 Å². The molecule has 5 nitrogen and oxygen atoms in total. The zero-order valence-corrected chi connectivity index (χ0v) is 12.6. The Morgan fingerprint density at radius 2 is 1.95 bits per heavy atom. The summed E-state index contributed by atoms with van der Waals surface area (Å²) < 4.78 is 0. The van der Waals surface area contributed by atoms with Crippen molar-refractivity contribution in [2.75, 3.05) is 11.9 Å². The monoisotopic (exact) mass is 309 g/mol. The van der Waals surface area contributed by atoms with Gasteiger partial charge in [-0.2, -0.15) is 0 Å². The minimum atomic E-state index is -0.420. The van der Waals surface area contributed by atoms with Crippen LogP contribution < -0.4 is 16.0 Å². The van der Waals surface area contributed by atoms with E-state index in [4.69, 9.17) is 11.6 Å². The van der Waals surface area contributed by atoms with Crippen LogP contribution in [0, 0.1) is 0 Å². The molecule has 6 heteroatoms. The third kappa shape index (κ3) is 5.63. The lowest BCUT2D eigenvalue weighted by Crippen LogP contribution is -2.43. The van der Waals surface area contributed by atoms with Gasteiger partial charge in [0, 0.05) is 16.8 Å². The number of benzene rings is 1. The summed E-state index contributed by atoms with van der Waals surface area (Å²) in [6.45, 7) is -0.0249. The molecule has 21 heavy (non-hydrogen) atoms. The van der Waals surface area contributed by atoms with Crippen molar-refractivity contribution in [1.82, 2.24) is 10.6 Å². The average Bonchev–Trinajstić information content (AvgIpc) is 2.46. The first-order valence-electron chi connectivity index (χ1n) is 7.23. The lowest BCUT2D eigenvalue weighted by atomic mass is 9.95. The van der Waals surface area contributed by atoms with Crippen LogP contribution in [0.2, 0.25) is 5.02 Å². The molecule has 114 valence electrons. The Morgan fingerprint density at radius 3 is 2.67 bits per heavy atom. The number of hydrogen-bond acceptors (Lipinski definition) is 2. The summed E-state index contributed by atoms with van der Waals surface area (Å²) in [4.78, 5) is 23.4. The second-order valence-corrected chi connectivity index (χ2v) is 5.66. The maximum atomic E-state index is 11.7. The molecule has 0 aromatic heterocycles. The normalized spacial score (nSPS) is 15.3. The van der Waals surface area contributed by atoms with Crippen molar-refractivity contribution in [1.29, 1.82) is 0 Å². The highest BCUT2D eigenvalue weighted by molar-refractivity contribution is 6.30. The van der Waals surface area contributed by atoms with E-state index in [1.807, 2.05) is 0 Å². The van der Waals surface area contributed by atoms with Gasteiger partial charge in [-0.15, -0.1) is 0 Å². The van der Waals surface area contributed by atoms with E-state index in [-0.39, 0.29) is 18.5 Å². The molecule has 1 aliphatic rings. The van der Waals surface area contributed by atoms with E-state index < -0.39 is 6.03 Å². The van der Waals surface area contributed by atoms with Gasteiger partial charge in [-0.25, -0.2) is 4.79 Å². The number of urea groups is 1. The van der Waals surface area contributed by atoms with Gasteiger partial charge in [-0.3, -0.25) is 4.79 Å². The van der Waals surface area contributed by atoms with Gasteiger partial charge in [0.1, 0.15) is 0 Å². The minimum Gasteiger partial charge on any atom is -0.352 e. The zero-order valence-electron chi connectivity index (χ0n) is 11.8. The molecule has 3 amide bonds. The van der Waals surface area contributed by atoms with Crippen LogP contribution in [0.15, 0.2) is 24.3 Å². The lowest BCUT2D eigenvalue weighted by molar-refractivity contribution is -0.120. The molecule has 3 N–H and O–H groups in total. The van der Waals surface area contributed by atoms with Crippen molar-refractivity contribution in [2.24, 2.45) is 0 Å². The summed E-state index contributed by atoms with van der Waals surface area (Å²) in [7, 11) is 0. The quantitative estimate of drug-likeness (QED) is 0.800. The number of halogens is 1. The molecule has 0 heterocycles. The SMILES string of the molecule is O=C(CNC(=O)Nc1cccc(Cl)c1)NC1CCCCC1. The number of carbonyl (C=O) groups excluding carboxylic acids is 2. The molecule has 1 saturated carbocycles. The van der Waals surface area contributed by atoms with Crippen molar-refractivity contribution in [3.63, 3.8) is 0 Å². The van der Waals surface area contributed by atoms with Crippen molar-refractivity contribution < 1.29 is 9.59 Å². The van der Waals surface area contributed by atoms with Gasteiger partial charge in [-0.05, 0) is 31.0 Å². The molecule has 0 unspecified atom stereocenters. The number of rotatable bonds is 4. The Kier molecular flexibility index (Phi) is 5.87. The average molecular weight is 310 g/mol. The second kappa shape index (κ2) is 7.88. The number of carbonyl (C=O) groups is 2. The van der Waals surface area contributed by atoms with Crippen LogP contribution in [0.25, 0.3) is 0 Å². The van der Waals surface area contributed by atoms with E-state index in [0.29, 0.717) is 10.7 Å². The Morgan fingerprint density at radius 1 is 1.19 bits per heavy atom. The molecule has 1 aromatic carbocycles. The smallest absolute Gasteiger partial charge is 0.319 e. The fraction of sp³-hybridized carbons (Fsp3) is 0.467. The van der Waals surface area contributed by atoms with E-state index in [1.54, 1.807) is 24.3 Å². The predicted molar refractivity (Wildman–Crippen MR) is 83.5 cm³/mol. The Labute approximate surface area is 129 Å². The molecule has 0 atom stereocenters. The van der Waals surface area contributed by atoms with Crippen molar-refractivity contribution >= 4 is 29.2 Å². The van der Waals surface area contributed by atoms with E-state index in [0.717, 1.165) is 25.7 Å². The zero-order chi connectivity index (χ0) is 15.1. The van der Waals surface area contributed by atoms with Gasteiger partial charge in [0.25, 0.3) is 0 Å². The van der Waals surface area contributed by atoms with Gasteiger partial charge in [0.05, 0.1) is 6.54 Å². The third-order valence-corrected chi connectivity index (χ3v) is 3.70. The first kappa shape index (κ1) is 15.6. The van der Waals surface area contributed by atoms with Gasteiger partial charge in [0.2, 0.25) is 5.91 Å². The van der Waals surface area contributed by atoms with Crippen LogP contribution in [-0.2, 0) is 4.79 Å². The van der Waals surface area contributed by atoms with Crippen LogP contribution in [0.1, 0.15) is 32.1 Å². The topological polar surface area (TPSA) is 70.2 Å². The highest BCUT2D eigenvalue weighted by Gasteiger charge is 2.15. The molecule has 1 aliphatic carbocycles.